The number of ketones is 1. The summed E-state index contributed by atoms with van der Waals surface area (Å²) in [6.07, 6.45) is 11.9. The second-order valence-corrected chi connectivity index (χ2v) is 17.0. The van der Waals surface area contributed by atoms with Gasteiger partial charge in [0, 0.05) is 35.2 Å². The first-order valence-electron chi connectivity index (χ1n) is 22.9. The van der Waals surface area contributed by atoms with E-state index in [1.807, 2.05) is 53.9 Å². The van der Waals surface area contributed by atoms with E-state index >= 15 is 0 Å². The molecule has 7 rings (SSSR count). The monoisotopic (exact) mass is 922 g/mol. The van der Waals surface area contributed by atoms with E-state index in [1.165, 1.54) is 38.5 Å². The number of nitrogens with two attached hydrogens (primary N) is 1. The molecule has 1 unspecified atom stereocenters. The molecule has 15 nitrogen and oxygen atoms in total. The summed E-state index contributed by atoms with van der Waals surface area (Å²) in [7, 11) is 3.79. The minimum Gasteiger partial charge on any atom is -0.507 e. The number of carbonyl (C=O) groups is 3. The first kappa shape index (κ1) is 51.4. The highest BCUT2D eigenvalue weighted by Gasteiger charge is 2.26. The molecule has 2 fully saturated rings. The highest BCUT2D eigenvalue weighted by atomic mass is 32.1. The number of rotatable bonds is 21. The molecule has 2 aliphatic rings. The molecule has 3 aromatic carbocycles. The Labute approximate surface area is 392 Å². The lowest BCUT2D eigenvalue weighted by Gasteiger charge is -2.16. The molecule has 0 spiro atoms. The molecule has 1 aliphatic heterocycles. The van der Waals surface area contributed by atoms with Crippen molar-refractivity contribution in [2.45, 2.75) is 76.9 Å². The van der Waals surface area contributed by atoms with Crippen molar-refractivity contribution in [3.05, 3.63) is 106 Å². The van der Waals surface area contributed by atoms with Crippen LogP contribution in [0.4, 0.5) is 5.82 Å². The van der Waals surface area contributed by atoms with E-state index in [9.17, 15) is 19.5 Å². The van der Waals surface area contributed by atoms with E-state index in [0.29, 0.717) is 92.5 Å². The van der Waals surface area contributed by atoms with Gasteiger partial charge in [-0.05, 0) is 81.9 Å². The summed E-state index contributed by atoms with van der Waals surface area (Å²) in [6.45, 7) is 6.56. The average molecular weight is 923 g/mol. The number of ether oxygens (including phenoxy) is 3. The Morgan fingerprint density at radius 3 is 2.29 bits per heavy atom. The molecule has 0 bridgehead atoms. The first-order valence-corrected chi connectivity index (χ1v) is 23.7. The Balaban J connectivity index is 0.000000431. The zero-order valence-corrected chi connectivity index (χ0v) is 39.3. The van der Waals surface area contributed by atoms with Gasteiger partial charge in [0.15, 0.2) is 5.82 Å². The molecular formula is C50H66N8O7S. The van der Waals surface area contributed by atoms with Crippen molar-refractivity contribution in [1.29, 1.82) is 0 Å². The van der Waals surface area contributed by atoms with Gasteiger partial charge >= 0.3 is 0 Å². The van der Waals surface area contributed by atoms with Gasteiger partial charge in [-0.25, -0.2) is 4.98 Å². The van der Waals surface area contributed by atoms with E-state index in [4.69, 9.17) is 19.9 Å². The van der Waals surface area contributed by atoms with Crippen molar-refractivity contribution in [2.24, 2.45) is 0 Å². The third kappa shape index (κ3) is 16.7. The van der Waals surface area contributed by atoms with Crippen LogP contribution in [0, 0.1) is 0 Å². The minimum atomic E-state index is -0.236. The van der Waals surface area contributed by atoms with Gasteiger partial charge in [0.1, 0.15) is 35.1 Å². The number of anilines is 1. The molecule has 1 aliphatic carbocycles. The quantitative estimate of drug-likeness (QED) is 0.0286. The number of hydrogen-bond donors (Lipinski definition) is 5. The molecule has 0 radical (unpaired) electrons. The van der Waals surface area contributed by atoms with Gasteiger partial charge in [-0.3, -0.25) is 14.5 Å². The number of thiazole rings is 1. The molecular weight excluding hydrogens is 857 g/mol. The molecule has 1 amide bonds. The first-order chi connectivity index (χ1) is 32.2. The van der Waals surface area contributed by atoms with Crippen LogP contribution in [0.3, 0.4) is 0 Å². The zero-order chi connectivity index (χ0) is 46.9. The third-order valence-electron chi connectivity index (χ3n) is 11.2. The van der Waals surface area contributed by atoms with Crippen LogP contribution in [0.2, 0.25) is 0 Å². The maximum atomic E-state index is 13.1. The lowest BCUT2D eigenvalue weighted by atomic mass is 10.0. The number of nitrogen functional groups attached to an aromatic ring is 1. The maximum Gasteiger partial charge on any atom is 0.237 e. The molecule has 3 heterocycles. The van der Waals surface area contributed by atoms with Gasteiger partial charge in [-0.15, -0.1) is 21.5 Å². The third-order valence-corrected chi connectivity index (χ3v) is 12.2. The van der Waals surface area contributed by atoms with E-state index in [0.717, 1.165) is 41.1 Å². The maximum absolute atomic E-state index is 13.1. The summed E-state index contributed by atoms with van der Waals surface area (Å²) in [4.78, 5) is 40.6. The lowest BCUT2D eigenvalue weighted by molar-refractivity contribution is -0.123. The number of aromatic hydroxyl groups is 1. The van der Waals surface area contributed by atoms with Crippen molar-refractivity contribution in [3.63, 3.8) is 0 Å². The van der Waals surface area contributed by atoms with Gasteiger partial charge in [0.2, 0.25) is 11.7 Å². The highest BCUT2D eigenvalue weighted by molar-refractivity contribution is 7.10. The predicted octanol–water partition coefficient (Wildman–Crippen LogP) is 7.00. The van der Waals surface area contributed by atoms with Gasteiger partial charge in [0.25, 0.3) is 0 Å². The smallest absolute Gasteiger partial charge is 0.237 e. The minimum absolute atomic E-state index is 0.0881. The number of nitrogens with one attached hydrogen (secondary N) is 3. The second-order valence-electron chi connectivity index (χ2n) is 16.1. The van der Waals surface area contributed by atoms with E-state index in [-0.39, 0.29) is 30.0 Å². The number of nitrogens with zero attached hydrogens (tertiary/aromatic N) is 4. The Bertz CT molecular complexity index is 2230. The molecule has 66 heavy (non-hydrogen) atoms. The molecule has 1 saturated heterocycles. The summed E-state index contributed by atoms with van der Waals surface area (Å²) >= 11 is 1.56. The highest BCUT2D eigenvalue weighted by Crippen LogP contribution is 2.34. The number of para-hydroxylation sites is 1. The predicted molar refractivity (Wildman–Crippen MR) is 260 cm³/mol. The summed E-state index contributed by atoms with van der Waals surface area (Å²) in [6, 6.07) is 24.2. The second kappa shape index (κ2) is 28.4. The number of likely N-dealkylation sites (N-methyl/N-ethyl adjacent to an activating group) is 1. The lowest BCUT2D eigenvalue weighted by Crippen LogP contribution is -2.40. The van der Waals surface area contributed by atoms with Crippen LogP contribution in [0.5, 0.6) is 11.5 Å². The Hall–Kier alpha value is -5.62. The van der Waals surface area contributed by atoms with E-state index in [1.54, 1.807) is 55.6 Å². The van der Waals surface area contributed by atoms with E-state index < -0.39 is 0 Å². The summed E-state index contributed by atoms with van der Waals surface area (Å²) in [5.41, 5.74) is 11.1. The van der Waals surface area contributed by atoms with Gasteiger partial charge in [0.05, 0.1) is 50.7 Å². The number of aldehydes is 1. The van der Waals surface area contributed by atoms with Crippen LogP contribution in [0.1, 0.15) is 91.0 Å². The topological polar surface area (TPSA) is 203 Å². The van der Waals surface area contributed by atoms with Gasteiger partial charge < -0.3 is 45.8 Å². The van der Waals surface area contributed by atoms with E-state index in [2.05, 4.69) is 43.1 Å². The Morgan fingerprint density at radius 1 is 0.894 bits per heavy atom. The zero-order valence-electron chi connectivity index (χ0n) is 38.5. The van der Waals surface area contributed by atoms with Crippen molar-refractivity contribution < 1.29 is 33.7 Å². The molecule has 2 aromatic heterocycles. The molecule has 6 N–H and O–H groups in total. The van der Waals surface area contributed by atoms with Gasteiger partial charge in [-0.2, -0.15) is 0 Å². The number of carbonyl (C=O) groups excluding carboxylic acids is 3. The average Bonchev–Trinajstić information content (AvgIpc) is 4.03. The summed E-state index contributed by atoms with van der Waals surface area (Å²) in [5.74, 6) is 0.844. The largest absolute Gasteiger partial charge is 0.507 e. The fraction of sp³-hybridized carbons (Fsp3) is 0.440. The van der Waals surface area contributed by atoms with Crippen LogP contribution < -0.4 is 26.4 Å². The number of likely N-dealkylation sites (tertiary alicyclic amines) is 1. The SMILES string of the molecule is C1CCCCC1.CN1CCC[C@H]1c1nc(C(=O)c2cccc(OCCOCCOCCNCc3ccc(-c4cc(-c5ccccc5O)nnc4N)cc3)c2)cs1.CNC(C)C(=O)NCC=O. The number of aromatic nitrogens is 3. The normalized spacial score (nSPS) is 15.1. The van der Waals surface area contributed by atoms with Crippen LogP contribution in [-0.4, -0.2) is 116 Å². The standard InChI is InChI=1S/C38H42N6O5S.C6H12N2O2.C6H12/c1-44-16-5-9-34(44)38-41-33(25-50-38)36(46)28-6-4-7-29(22-28)49-21-20-48-19-18-47-17-15-40-24-26-11-13-27(14-12-26)31-23-32(42-43-37(31)39)30-8-2-3-10-35(30)45;1-5(7-2)6(10)8-3-4-9;1-2-4-6-5-3-1/h2-4,6-8,10-14,22-23,25,34,40,45H,5,9,15-21,24H2,1H3,(H2,39,43);4-5,7H,3H2,1-2H3,(H,8,10);1-6H2/t34-;;/m0../s1. The molecule has 5 aromatic rings. The van der Waals surface area contributed by atoms with Crippen molar-refractivity contribution in [1.82, 2.24) is 36.0 Å². The molecule has 2 atom stereocenters. The number of hydrogen-bond acceptors (Lipinski definition) is 15. The number of phenolic OH excluding ortho intramolecular Hbond substituents is 1. The van der Waals surface area contributed by atoms with Crippen molar-refractivity contribution in [2.75, 3.05) is 72.5 Å². The molecule has 16 heteroatoms. The van der Waals surface area contributed by atoms with Crippen LogP contribution in [0.15, 0.2) is 84.2 Å². The number of phenols is 1. The Kier molecular flexibility index (Phi) is 22.1. The van der Waals surface area contributed by atoms with Crippen LogP contribution >= 0.6 is 11.3 Å². The fourth-order valence-electron chi connectivity index (χ4n) is 7.30. The van der Waals surface area contributed by atoms with Gasteiger partial charge in [-0.1, -0.05) is 87.1 Å². The number of benzene rings is 3. The number of amides is 1. The fourth-order valence-corrected chi connectivity index (χ4v) is 8.30. The molecule has 1 saturated carbocycles. The molecule has 354 valence electrons. The Morgan fingerprint density at radius 2 is 1.61 bits per heavy atom. The van der Waals surface area contributed by atoms with Crippen LogP contribution in [-0.2, 0) is 25.6 Å². The summed E-state index contributed by atoms with van der Waals surface area (Å²) in [5, 5.41) is 29.9. The summed E-state index contributed by atoms with van der Waals surface area (Å²) < 4.78 is 17.2. The van der Waals surface area contributed by atoms with Crippen LogP contribution in [0.25, 0.3) is 22.4 Å². The van der Waals surface area contributed by atoms with Crippen molar-refractivity contribution >= 4 is 35.1 Å². The van der Waals surface area contributed by atoms with Crippen molar-refractivity contribution in [3.8, 4) is 33.9 Å².